The predicted molar refractivity (Wildman–Crippen MR) is 61.3 cm³/mol. The number of hydrogen-bond acceptors (Lipinski definition) is 4. The molecule has 0 saturated carbocycles. The van der Waals surface area contributed by atoms with Crippen molar-refractivity contribution in [1.29, 1.82) is 0 Å². The normalized spacial score (nSPS) is 10.4. The summed E-state index contributed by atoms with van der Waals surface area (Å²) < 4.78 is 5.20. The first-order valence-electron chi connectivity index (χ1n) is 4.06. The molecular formula is C9H8BrN3S. The van der Waals surface area contributed by atoms with Crippen molar-refractivity contribution in [1.82, 2.24) is 9.36 Å². The third-order valence-electron chi connectivity index (χ3n) is 1.76. The van der Waals surface area contributed by atoms with Crippen molar-refractivity contribution < 1.29 is 0 Å². The fourth-order valence-corrected chi connectivity index (χ4v) is 1.84. The number of aromatic nitrogens is 2. The third kappa shape index (κ3) is 2.30. The molecule has 2 N–H and O–H groups in total. The monoisotopic (exact) mass is 269 g/mol. The number of nitrogens with two attached hydrogens (primary N) is 1. The summed E-state index contributed by atoms with van der Waals surface area (Å²) in [6.07, 6.45) is 0.737. The predicted octanol–water partition coefficient (Wildman–Crippen LogP) is 2.47. The fourth-order valence-electron chi connectivity index (χ4n) is 1.12. The lowest BCUT2D eigenvalue weighted by molar-refractivity contribution is 1.04. The summed E-state index contributed by atoms with van der Waals surface area (Å²) in [5.41, 5.74) is 6.68. The Kier molecular flexibility index (Phi) is 2.79. The average molecular weight is 270 g/mol. The van der Waals surface area contributed by atoms with Gasteiger partial charge >= 0.3 is 0 Å². The van der Waals surface area contributed by atoms with Gasteiger partial charge in [0.1, 0.15) is 5.82 Å². The van der Waals surface area contributed by atoms with Gasteiger partial charge in [-0.1, -0.05) is 28.1 Å². The molecule has 2 aromatic rings. The number of benzene rings is 1. The lowest BCUT2D eigenvalue weighted by Crippen LogP contribution is -1.91. The maximum absolute atomic E-state index is 5.49. The molecule has 0 saturated heterocycles. The Balaban J connectivity index is 2.15. The number of anilines is 1. The van der Waals surface area contributed by atoms with Crippen LogP contribution >= 0.6 is 27.5 Å². The summed E-state index contributed by atoms with van der Waals surface area (Å²) in [6.45, 7) is 0. The minimum atomic E-state index is 0.525. The van der Waals surface area contributed by atoms with E-state index in [9.17, 15) is 0 Å². The molecule has 72 valence electrons. The van der Waals surface area contributed by atoms with Gasteiger partial charge in [0.25, 0.3) is 0 Å². The van der Waals surface area contributed by atoms with Gasteiger partial charge in [0.2, 0.25) is 0 Å². The third-order valence-corrected chi connectivity index (χ3v) is 2.87. The molecule has 0 aliphatic carbocycles. The number of halogens is 1. The van der Waals surface area contributed by atoms with Crippen LogP contribution in [0.5, 0.6) is 0 Å². The molecule has 14 heavy (non-hydrogen) atoms. The summed E-state index contributed by atoms with van der Waals surface area (Å²) in [5.74, 6) is 0.787. The van der Waals surface area contributed by atoms with E-state index in [1.807, 2.05) is 24.3 Å². The van der Waals surface area contributed by atoms with Crippen LogP contribution in [-0.4, -0.2) is 9.36 Å². The molecule has 0 atom stereocenters. The molecule has 0 aliphatic rings. The van der Waals surface area contributed by atoms with Crippen LogP contribution < -0.4 is 5.73 Å². The summed E-state index contributed by atoms with van der Waals surface area (Å²) >= 11 is 4.62. The largest absolute Gasteiger partial charge is 0.374 e. The van der Waals surface area contributed by atoms with Crippen LogP contribution in [0.2, 0.25) is 0 Å². The maximum atomic E-state index is 5.49. The zero-order chi connectivity index (χ0) is 9.97. The number of rotatable bonds is 2. The van der Waals surface area contributed by atoms with E-state index in [0.29, 0.717) is 5.13 Å². The molecule has 0 aliphatic heterocycles. The van der Waals surface area contributed by atoms with Gasteiger partial charge in [-0.15, -0.1) is 0 Å². The van der Waals surface area contributed by atoms with Gasteiger partial charge in [0, 0.05) is 22.4 Å². The Morgan fingerprint density at radius 3 is 2.57 bits per heavy atom. The highest BCUT2D eigenvalue weighted by molar-refractivity contribution is 9.10. The topological polar surface area (TPSA) is 51.8 Å². The molecule has 1 aromatic carbocycles. The lowest BCUT2D eigenvalue weighted by Gasteiger charge is -1.96. The van der Waals surface area contributed by atoms with Crippen molar-refractivity contribution in [2.24, 2.45) is 0 Å². The molecule has 0 bridgehead atoms. The summed E-state index contributed by atoms with van der Waals surface area (Å²) in [5, 5.41) is 0.525. The molecular weight excluding hydrogens is 262 g/mol. The lowest BCUT2D eigenvalue weighted by atomic mass is 10.1. The maximum Gasteiger partial charge on any atom is 0.199 e. The number of nitrogen functional groups attached to an aromatic ring is 1. The van der Waals surface area contributed by atoms with Crippen LogP contribution in [-0.2, 0) is 6.42 Å². The van der Waals surface area contributed by atoms with Crippen LogP contribution in [0.1, 0.15) is 11.4 Å². The number of hydrogen-bond donors (Lipinski definition) is 1. The average Bonchev–Trinajstić information content (AvgIpc) is 2.56. The Bertz CT molecular complexity index is 424. The van der Waals surface area contributed by atoms with Crippen molar-refractivity contribution in [2.45, 2.75) is 6.42 Å². The summed E-state index contributed by atoms with van der Waals surface area (Å²) in [7, 11) is 0. The van der Waals surface area contributed by atoms with Crippen molar-refractivity contribution >= 4 is 32.6 Å². The Hall–Kier alpha value is -0.940. The van der Waals surface area contributed by atoms with Crippen LogP contribution in [0, 0.1) is 0 Å². The Labute approximate surface area is 94.3 Å². The van der Waals surface area contributed by atoms with Gasteiger partial charge in [0.05, 0.1) is 0 Å². The fraction of sp³-hybridized carbons (Fsp3) is 0.111. The van der Waals surface area contributed by atoms with Crippen LogP contribution in [0.4, 0.5) is 5.13 Å². The van der Waals surface area contributed by atoms with E-state index >= 15 is 0 Å². The first-order valence-corrected chi connectivity index (χ1v) is 5.63. The Morgan fingerprint density at radius 2 is 2.00 bits per heavy atom. The highest BCUT2D eigenvalue weighted by Crippen LogP contribution is 2.14. The molecule has 0 spiro atoms. The van der Waals surface area contributed by atoms with Crippen LogP contribution in [0.3, 0.4) is 0 Å². The quantitative estimate of drug-likeness (QED) is 0.912. The minimum Gasteiger partial charge on any atom is -0.374 e. The van der Waals surface area contributed by atoms with Crippen LogP contribution in [0.25, 0.3) is 0 Å². The van der Waals surface area contributed by atoms with E-state index in [0.717, 1.165) is 16.7 Å². The van der Waals surface area contributed by atoms with E-state index < -0.39 is 0 Å². The van der Waals surface area contributed by atoms with Crippen molar-refractivity contribution in [2.75, 3.05) is 5.73 Å². The molecule has 0 radical (unpaired) electrons. The molecule has 3 nitrogen and oxygen atoms in total. The smallest absolute Gasteiger partial charge is 0.199 e. The van der Waals surface area contributed by atoms with Gasteiger partial charge in [0.15, 0.2) is 5.13 Å². The SMILES string of the molecule is Nc1nc(Cc2ccc(Br)cc2)ns1. The molecule has 2 rings (SSSR count). The summed E-state index contributed by atoms with van der Waals surface area (Å²) in [6, 6.07) is 8.10. The Morgan fingerprint density at radius 1 is 1.29 bits per heavy atom. The molecule has 1 heterocycles. The van der Waals surface area contributed by atoms with E-state index in [2.05, 4.69) is 25.3 Å². The highest BCUT2D eigenvalue weighted by Gasteiger charge is 2.01. The standard InChI is InChI=1S/C9H8BrN3S/c10-7-3-1-6(2-4-7)5-8-12-9(11)14-13-8/h1-4H,5H2,(H2,11,12,13). The van der Waals surface area contributed by atoms with E-state index in [-0.39, 0.29) is 0 Å². The van der Waals surface area contributed by atoms with E-state index in [1.54, 1.807) is 0 Å². The van der Waals surface area contributed by atoms with Gasteiger partial charge in [-0.05, 0) is 17.7 Å². The van der Waals surface area contributed by atoms with E-state index in [4.69, 9.17) is 5.73 Å². The van der Waals surface area contributed by atoms with Gasteiger partial charge in [-0.2, -0.15) is 4.37 Å². The second kappa shape index (κ2) is 4.06. The molecule has 0 amide bonds. The van der Waals surface area contributed by atoms with Crippen molar-refractivity contribution in [3.8, 4) is 0 Å². The zero-order valence-corrected chi connectivity index (χ0v) is 9.68. The zero-order valence-electron chi connectivity index (χ0n) is 7.27. The molecule has 0 unspecified atom stereocenters. The van der Waals surface area contributed by atoms with E-state index in [1.165, 1.54) is 17.1 Å². The first-order chi connectivity index (χ1) is 6.74. The van der Waals surface area contributed by atoms with Gasteiger partial charge < -0.3 is 5.73 Å². The highest BCUT2D eigenvalue weighted by atomic mass is 79.9. The van der Waals surface area contributed by atoms with Crippen LogP contribution in [0.15, 0.2) is 28.7 Å². The molecule has 5 heteroatoms. The molecule has 0 fully saturated rings. The second-order valence-corrected chi connectivity index (χ2v) is 4.55. The van der Waals surface area contributed by atoms with Crippen molar-refractivity contribution in [3.05, 3.63) is 40.1 Å². The minimum absolute atomic E-state index is 0.525. The number of nitrogens with zero attached hydrogens (tertiary/aromatic N) is 2. The summed E-state index contributed by atoms with van der Waals surface area (Å²) in [4.78, 5) is 4.10. The molecule has 1 aromatic heterocycles. The van der Waals surface area contributed by atoms with Crippen molar-refractivity contribution in [3.63, 3.8) is 0 Å². The first kappa shape index (κ1) is 9.61. The van der Waals surface area contributed by atoms with Gasteiger partial charge in [-0.3, -0.25) is 0 Å². The van der Waals surface area contributed by atoms with Gasteiger partial charge in [-0.25, -0.2) is 4.98 Å². The second-order valence-electron chi connectivity index (χ2n) is 2.85.